The van der Waals surface area contributed by atoms with Gasteiger partial charge < -0.3 is 19.7 Å². The van der Waals surface area contributed by atoms with E-state index in [1.165, 1.54) is 23.9 Å². The van der Waals surface area contributed by atoms with Gasteiger partial charge in [-0.2, -0.15) is 8.78 Å². The predicted molar refractivity (Wildman–Crippen MR) is 122 cm³/mol. The van der Waals surface area contributed by atoms with Gasteiger partial charge in [-0.05, 0) is 36.8 Å². The van der Waals surface area contributed by atoms with Crippen LogP contribution in [0.25, 0.3) is 5.69 Å². The van der Waals surface area contributed by atoms with Gasteiger partial charge >= 0.3 is 6.61 Å². The van der Waals surface area contributed by atoms with Crippen LogP contribution in [0.5, 0.6) is 5.75 Å². The molecule has 174 valence electrons. The molecule has 2 aromatic carbocycles. The van der Waals surface area contributed by atoms with Gasteiger partial charge in [0.2, 0.25) is 11.9 Å². The summed E-state index contributed by atoms with van der Waals surface area (Å²) in [7, 11) is 0. The van der Waals surface area contributed by atoms with Gasteiger partial charge in [0.15, 0.2) is 5.16 Å². The molecule has 1 fully saturated rings. The number of rotatable bonds is 8. The van der Waals surface area contributed by atoms with Crippen molar-refractivity contribution in [1.29, 1.82) is 0 Å². The van der Waals surface area contributed by atoms with Gasteiger partial charge in [0.05, 0.1) is 30.3 Å². The number of alkyl halides is 2. The summed E-state index contributed by atoms with van der Waals surface area (Å²) < 4.78 is 37.1. The first-order valence-electron chi connectivity index (χ1n) is 10.3. The summed E-state index contributed by atoms with van der Waals surface area (Å²) in [5, 5.41) is 11.9. The molecule has 1 aromatic heterocycles. The largest absolute Gasteiger partial charge is 0.433 e. The number of carbonyl (C=O) groups excluding carboxylic acids is 1. The van der Waals surface area contributed by atoms with E-state index < -0.39 is 6.61 Å². The lowest BCUT2D eigenvalue weighted by Crippen LogP contribution is -2.37. The molecule has 0 aliphatic carbocycles. The zero-order valence-electron chi connectivity index (χ0n) is 17.9. The molecule has 0 radical (unpaired) electrons. The van der Waals surface area contributed by atoms with Gasteiger partial charge in [0, 0.05) is 13.1 Å². The molecule has 2 heterocycles. The molecule has 8 nitrogen and oxygen atoms in total. The number of carbonyl (C=O) groups is 1. The fourth-order valence-corrected chi connectivity index (χ4v) is 4.15. The number of aromatic nitrogens is 3. The number of benzene rings is 2. The molecular formula is C22H23F2N5O3S. The number of amides is 1. The maximum Gasteiger partial charge on any atom is 0.387 e. The molecule has 1 saturated heterocycles. The fraction of sp³-hybridized carbons (Fsp3) is 0.318. The van der Waals surface area contributed by atoms with E-state index in [-0.39, 0.29) is 23.1 Å². The highest BCUT2D eigenvalue weighted by Crippen LogP contribution is 2.29. The molecule has 11 heteroatoms. The van der Waals surface area contributed by atoms with Crippen molar-refractivity contribution >= 4 is 29.3 Å². The minimum Gasteiger partial charge on any atom is -0.433 e. The van der Waals surface area contributed by atoms with Crippen LogP contribution in [0.3, 0.4) is 0 Å². The molecule has 4 rings (SSSR count). The summed E-state index contributed by atoms with van der Waals surface area (Å²) >= 11 is 1.21. The van der Waals surface area contributed by atoms with Crippen molar-refractivity contribution < 1.29 is 23.0 Å². The van der Waals surface area contributed by atoms with Gasteiger partial charge in [-0.1, -0.05) is 36.0 Å². The average Bonchev–Trinajstić information content (AvgIpc) is 3.23. The van der Waals surface area contributed by atoms with E-state index in [2.05, 4.69) is 25.2 Å². The number of nitrogens with one attached hydrogen (secondary N) is 1. The number of aryl methyl sites for hydroxylation is 1. The number of para-hydroxylation sites is 2. The minimum absolute atomic E-state index is 0.00999. The van der Waals surface area contributed by atoms with Crippen molar-refractivity contribution in [1.82, 2.24) is 14.8 Å². The lowest BCUT2D eigenvalue weighted by atomic mass is 10.2. The van der Waals surface area contributed by atoms with E-state index in [4.69, 9.17) is 4.74 Å². The second-order valence-electron chi connectivity index (χ2n) is 7.27. The molecular weight excluding hydrogens is 452 g/mol. The number of morpholine rings is 1. The Morgan fingerprint density at radius 1 is 1.18 bits per heavy atom. The third-order valence-electron chi connectivity index (χ3n) is 4.88. The number of hydrogen-bond acceptors (Lipinski definition) is 7. The molecule has 3 aromatic rings. The lowest BCUT2D eigenvalue weighted by Gasteiger charge is -2.28. The van der Waals surface area contributed by atoms with Gasteiger partial charge in [0.25, 0.3) is 0 Å². The number of hydrogen-bond donors (Lipinski definition) is 1. The van der Waals surface area contributed by atoms with Crippen molar-refractivity contribution in [2.24, 2.45) is 0 Å². The molecule has 0 atom stereocenters. The highest BCUT2D eigenvalue weighted by atomic mass is 32.2. The van der Waals surface area contributed by atoms with Crippen molar-refractivity contribution in [2.45, 2.75) is 18.7 Å². The summed E-state index contributed by atoms with van der Waals surface area (Å²) in [5.41, 5.74) is 2.15. The summed E-state index contributed by atoms with van der Waals surface area (Å²) in [6.45, 7) is 1.61. The highest BCUT2D eigenvalue weighted by Gasteiger charge is 2.22. The molecule has 1 amide bonds. The smallest absolute Gasteiger partial charge is 0.387 e. The molecule has 33 heavy (non-hydrogen) atoms. The molecule has 1 N–H and O–H groups in total. The van der Waals surface area contributed by atoms with Crippen LogP contribution in [-0.4, -0.2) is 59.3 Å². The SMILES string of the molecule is Cc1cccc(-n2c(SCC(=O)Nc3ccccc3OC(F)F)nnc2N2CCOCC2)c1. The van der Waals surface area contributed by atoms with E-state index in [1.807, 2.05) is 35.8 Å². The van der Waals surface area contributed by atoms with Crippen molar-refractivity contribution in [2.75, 3.05) is 42.3 Å². The fourth-order valence-electron chi connectivity index (χ4n) is 3.40. The normalized spacial score (nSPS) is 13.9. The van der Waals surface area contributed by atoms with Crippen LogP contribution in [0.15, 0.2) is 53.7 Å². The van der Waals surface area contributed by atoms with Gasteiger partial charge in [-0.25, -0.2) is 0 Å². The van der Waals surface area contributed by atoms with E-state index >= 15 is 0 Å². The second kappa shape index (κ2) is 10.6. The van der Waals surface area contributed by atoms with Crippen LogP contribution >= 0.6 is 11.8 Å². The zero-order valence-corrected chi connectivity index (χ0v) is 18.7. The standard InChI is InChI=1S/C22H23F2N5O3S/c1-15-5-4-6-16(13-15)29-21(28-9-11-31-12-10-28)26-27-22(29)33-14-19(30)25-17-7-2-3-8-18(17)32-20(23)24/h2-8,13,20H,9-12,14H2,1H3,(H,25,30). The first kappa shape index (κ1) is 23.0. The van der Waals surface area contributed by atoms with E-state index in [9.17, 15) is 13.6 Å². The van der Waals surface area contributed by atoms with Crippen molar-refractivity contribution in [3.05, 3.63) is 54.1 Å². The summed E-state index contributed by atoms with van der Waals surface area (Å²) in [6.07, 6.45) is 0. The number of halogens is 2. The maximum atomic E-state index is 12.6. The Hall–Kier alpha value is -3.18. The molecule has 0 bridgehead atoms. The Balaban J connectivity index is 1.52. The zero-order chi connectivity index (χ0) is 23.2. The Labute approximate surface area is 193 Å². The second-order valence-corrected chi connectivity index (χ2v) is 8.21. The summed E-state index contributed by atoms with van der Waals surface area (Å²) in [6, 6.07) is 14.0. The molecule has 1 aliphatic heterocycles. The number of anilines is 2. The monoisotopic (exact) mass is 475 g/mol. The predicted octanol–water partition coefficient (Wildman–Crippen LogP) is 3.74. The molecule has 1 aliphatic rings. The Kier molecular flexibility index (Phi) is 7.40. The third kappa shape index (κ3) is 5.79. The maximum absolute atomic E-state index is 12.6. The average molecular weight is 476 g/mol. The topological polar surface area (TPSA) is 81.5 Å². The first-order chi connectivity index (χ1) is 16.0. The quantitative estimate of drug-likeness (QED) is 0.497. The summed E-state index contributed by atoms with van der Waals surface area (Å²) in [5.74, 6) is 0.221. The molecule has 0 saturated carbocycles. The number of thioether (sulfide) groups is 1. The third-order valence-corrected chi connectivity index (χ3v) is 5.81. The van der Waals surface area contributed by atoms with Crippen molar-refractivity contribution in [3.8, 4) is 11.4 Å². The van der Waals surface area contributed by atoms with Crippen LogP contribution in [0.2, 0.25) is 0 Å². The number of ether oxygens (including phenoxy) is 2. The van der Waals surface area contributed by atoms with Crippen molar-refractivity contribution in [3.63, 3.8) is 0 Å². The lowest BCUT2D eigenvalue weighted by molar-refractivity contribution is -0.113. The highest BCUT2D eigenvalue weighted by molar-refractivity contribution is 7.99. The molecule has 0 spiro atoms. The van der Waals surface area contributed by atoms with E-state index in [1.54, 1.807) is 12.1 Å². The Morgan fingerprint density at radius 2 is 1.97 bits per heavy atom. The van der Waals surface area contributed by atoms with Gasteiger partial charge in [-0.15, -0.1) is 10.2 Å². The van der Waals surface area contributed by atoms with Crippen LogP contribution in [0.1, 0.15) is 5.56 Å². The first-order valence-corrected chi connectivity index (χ1v) is 11.3. The van der Waals surface area contributed by atoms with Crippen LogP contribution in [0, 0.1) is 6.92 Å². The van der Waals surface area contributed by atoms with Gasteiger partial charge in [0.1, 0.15) is 5.75 Å². The Morgan fingerprint density at radius 3 is 2.73 bits per heavy atom. The van der Waals surface area contributed by atoms with Crippen LogP contribution in [0.4, 0.5) is 20.4 Å². The van der Waals surface area contributed by atoms with E-state index in [0.29, 0.717) is 37.4 Å². The minimum atomic E-state index is -2.98. The Bertz CT molecular complexity index is 1110. The van der Waals surface area contributed by atoms with Crippen LogP contribution < -0.4 is 15.0 Å². The number of nitrogens with zero attached hydrogens (tertiary/aromatic N) is 4. The molecule has 0 unspecified atom stereocenters. The summed E-state index contributed by atoms with van der Waals surface area (Å²) in [4.78, 5) is 14.7. The van der Waals surface area contributed by atoms with Crippen LogP contribution in [-0.2, 0) is 9.53 Å². The van der Waals surface area contributed by atoms with Gasteiger partial charge in [-0.3, -0.25) is 9.36 Å². The van der Waals surface area contributed by atoms with E-state index in [0.717, 1.165) is 11.3 Å².